The highest BCUT2D eigenvalue weighted by molar-refractivity contribution is 7.09. The largest absolute Gasteiger partial charge is 0.394 e. The average molecular weight is 159 g/mol. The summed E-state index contributed by atoms with van der Waals surface area (Å²) >= 11 is 1.48. The van der Waals surface area contributed by atoms with Gasteiger partial charge in [0.25, 0.3) is 0 Å². The second-order valence-electron chi connectivity index (χ2n) is 1.97. The highest BCUT2D eigenvalue weighted by atomic mass is 32.1. The van der Waals surface area contributed by atoms with Crippen LogP contribution in [0.2, 0.25) is 0 Å². The topological polar surface area (TPSA) is 53.4 Å². The first-order valence-electron chi connectivity index (χ1n) is 3.00. The smallest absolute Gasteiger partial charge is 0.0951 e. The average Bonchev–Trinajstić information content (AvgIpc) is 2.40. The molecule has 0 aliphatic carbocycles. The SMILES string of the molecule is OCC(O)Cc1nccs1. The second kappa shape index (κ2) is 3.65. The van der Waals surface area contributed by atoms with Crippen LogP contribution in [-0.4, -0.2) is 27.9 Å². The molecule has 0 radical (unpaired) electrons. The van der Waals surface area contributed by atoms with Crippen LogP contribution in [0.1, 0.15) is 5.01 Å². The molecule has 0 fully saturated rings. The van der Waals surface area contributed by atoms with E-state index in [1.165, 1.54) is 11.3 Å². The summed E-state index contributed by atoms with van der Waals surface area (Å²) < 4.78 is 0. The molecule has 3 nitrogen and oxygen atoms in total. The minimum absolute atomic E-state index is 0.195. The summed E-state index contributed by atoms with van der Waals surface area (Å²) in [7, 11) is 0. The first-order chi connectivity index (χ1) is 4.83. The number of rotatable bonds is 3. The van der Waals surface area contributed by atoms with E-state index in [-0.39, 0.29) is 6.61 Å². The monoisotopic (exact) mass is 159 g/mol. The van der Waals surface area contributed by atoms with Crippen LogP contribution in [0.15, 0.2) is 11.6 Å². The van der Waals surface area contributed by atoms with E-state index in [4.69, 9.17) is 10.2 Å². The van der Waals surface area contributed by atoms with E-state index in [1.807, 2.05) is 5.38 Å². The van der Waals surface area contributed by atoms with Crippen LogP contribution in [0.25, 0.3) is 0 Å². The summed E-state index contributed by atoms with van der Waals surface area (Å²) in [5.41, 5.74) is 0. The molecule has 0 aliphatic heterocycles. The van der Waals surface area contributed by atoms with Crippen molar-refractivity contribution in [3.05, 3.63) is 16.6 Å². The third-order valence-corrected chi connectivity index (χ3v) is 1.91. The molecule has 0 saturated carbocycles. The lowest BCUT2D eigenvalue weighted by Crippen LogP contribution is -2.14. The maximum Gasteiger partial charge on any atom is 0.0951 e. The zero-order valence-corrected chi connectivity index (χ0v) is 6.21. The molecule has 1 aromatic heterocycles. The first kappa shape index (κ1) is 7.65. The maximum absolute atomic E-state index is 8.95. The van der Waals surface area contributed by atoms with Crippen molar-refractivity contribution in [2.24, 2.45) is 0 Å². The molecule has 1 heterocycles. The minimum atomic E-state index is -0.661. The molecule has 2 N–H and O–H groups in total. The summed E-state index contributed by atoms with van der Waals surface area (Å²) in [4.78, 5) is 3.95. The van der Waals surface area contributed by atoms with Crippen LogP contribution in [-0.2, 0) is 6.42 Å². The number of thiazole rings is 1. The molecule has 0 amide bonds. The second-order valence-corrected chi connectivity index (χ2v) is 2.95. The van der Waals surface area contributed by atoms with Crippen molar-refractivity contribution in [3.8, 4) is 0 Å². The molecular formula is C6H9NO2S. The van der Waals surface area contributed by atoms with Crippen molar-refractivity contribution in [1.82, 2.24) is 4.98 Å². The standard InChI is InChI=1S/C6H9NO2S/c8-4-5(9)3-6-7-1-2-10-6/h1-2,5,8-9H,3-4H2. The Hall–Kier alpha value is -0.450. The third kappa shape index (κ3) is 2.06. The molecule has 0 bridgehead atoms. The van der Waals surface area contributed by atoms with Gasteiger partial charge in [-0.25, -0.2) is 4.98 Å². The number of hydrogen-bond donors (Lipinski definition) is 2. The van der Waals surface area contributed by atoms with Crippen molar-refractivity contribution >= 4 is 11.3 Å². The van der Waals surface area contributed by atoms with E-state index in [0.29, 0.717) is 6.42 Å². The third-order valence-electron chi connectivity index (χ3n) is 1.10. The highest BCUT2D eigenvalue weighted by Gasteiger charge is 2.04. The predicted octanol–water partition coefficient (Wildman–Crippen LogP) is 0.0388. The van der Waals surface area contributed by atoms with Gasteiger partial charge in [-0.3, -0.25) is 0 Å². The van der Waals surface area contributed by atoms with Gasteiger partial charge in [-0.15, -0.1) is 11.3 Å². The Labute approximate surface area is 63.0 Å². The van der Waals surface area contributed by atoms with Crippen molar-refractivity contribution in [2.45, 2.75) is 12.5 Å². The van der Waals surface area contributed by atoms with Crippen LogP contribution < -0.4 is 0 Å². The van der Waals surface area contributed by atoms with Gasteiger partial charge in [0.2, 0.25) is 0 Å². The molecule has 0 spiro atoms. The van der Waals surface area contributed by atoms with Crippen molar-refractivity contribution < 1.29 is 10.2 Å². The Balaban J connectivity index is 2.40. The molecule has 10 heavy (non-hydrogen) atoms. The summed E-state index contributed by atoms with van der Waals surface area (Å²) in [5.74, 6) is 0. The van der Waals surface area contributed by atoms with Crippen LogP contribution in [0, 0.1) is 0 Å². The van der Waals surface area contributed by atoms with Gasteiger partial charge in [0.15, 0.2) is 0 Å². The first-order valence-corrected chi connectivity index (χ1v) is 3.88. The molecule has 56 valence electrons. The summed E-state index contributed by atoms with van der Waals surface area (Å²) in [6, 6.07) is 0. The van der Waals surface area contributed by atoms with Crippen LogP contribution >= 0.6 is 11.3 Å². The molecule has 4 heteroatoms. The van der Waals surface area contributed by atoms with E-state index in [2.05, 4.69) is 4.98 Å². The van der Waals surface area contributed by atoms with E-state index in [1.54, 1.807) is 6.20 Å². The zero-order valence-electron chi connectivity index (χ0n) is 5.40. The highest BCUT2D eigenvalue weighted by Crippen LogP contribution is 2.06. The van der Waals surface area contributed by atoms with Gasteiger partial charge < -0.3 is 10.2 Å². The lowest BCUT2D eigenvalue weighted by molar-refractivity contribution is 0.0954. The van der Waals surface area contributed by atoms with E-state index in [0.717, 1.165) is 5.01 Å². The zero-order chi connectivity index (χ0) is 7.40. The maximum atomic E-state index is 8.95. The molecule has 0 saturated heterocycles. The van der Waals surface area contributed by atoms with Crippen LogP contribution in [0.5, 0.6) is 0 Å². The van der Waals surface area contributed by atoms with Crippen molar-refractivity contribution in [2.75, 3.05) is 6.61 Å². The van der Waals surface area contributed by atoms with Gasteiger partial charge in [-0.2, -0.15) is 0 Å². The number of aliphatic hydroxyl groups is 2. The Morgan fingerprint density at radius 1 is 1.70 bits per heavy atom. The summed E-state index contributed by atoms with van der Waals surface area (Å²) in [6.45, 7) is -0.195. The fourth-order valence-corrected chi connectivity index (χ4v) is 1.31. The Morgan fingerprint density at radius 2 is 2.50 bits per heavy atom. The number of aromatic nitrogens is 1. The van der Waals surface area contributed by atoms with E-state index in [9.17, 15) is 0 Å². The van der Waals surface area contributed by atoms with E-state index >= 15 is 0 Å². The molecule has 0 aliphatic rings. The fourth-order valence-electron chi connectivity index (χ4n) is 0.620. The van der Waals surface area contributed by atoms with Gasteiger partial charge in [0.1, 0.15) is 0 Å². The Kier molecular flexibility index (Phi) is 2.80. The van der Waals surface area contributed by atoms with Gasteiger partial charge in [0, 0.05) is 18.0 Å². The molecular weight excluding hydrogens is 150 g/mol. The van der Waals surface area contributed by atoms with Gasteiger partial charge in [-0.1, -0.05) is 0 Å². The molecule has 1 atom stereocenters. The van der Waals surface area contributed by atoms with Gasteiger partial charge in [-0.05, 0) is 0 Å². The lowest BCUT2D eigenvalue weighted by atomic mass is 10.3. The summed E-state index contributed by atoms with van der Waals surface area (Å²) in [6.07, 6.45) is 1.48. The van der Waals surface area contributed by atoms with Gasteiger partial charge in [0.05, 0.1) is 17.7 Å². The molecule has 1 unspecified atom stereocenters. The lowest BCUT2D eigenvalue weighted by Gasteiger charge is -2.01. The van der Waals surface area contributed by atoms with Crippen molar-refractivity contribution in [1.29, 1.82) is 0 Å². The molecule has 1 aromatic rings. The van der Waals surface area contributed by atoms with E-state index < -0.39 is 6.10 Å². The Morgan fingerprint density at radius 3 is 3.00 bits per heavy atom. The van der Waals surface area contributed by atoms with Gasteiger partial charge >= 0.3 is 0 Å². The fraction of sp³-hybridized carbons (Fsp3) is 0.500. The predicted molar refractivity (Wildman–Crippen MR) is 38.9 cm³/mol. The number of hydrogen-bond acceptors (Lipinski definition) is 4. The van der Waals surface area contributed by atoms with Crippen LogP contribution in [0.4, 0.5) is 0 Å². The number of nitrogens with zero attached hydrogens (tertiary/aromatic N) is 1. The summed E-state index contributed by atoms with van der Waals surface area (Å²) in [5, 5.41) is 20.1. The van der Waals surface area contributed by atoms with Crippen molar-refractivity contribution in [3.63, 3.8) is 0 Å². The molecule has 0 aromatic carbocycles. The quantitative estimate of drug-likeness (QED) is 0.654. The van der Waals surface area contributed by atoms with Crippen LogP contribution in [0.3, 0.4) is 0 Å². The number of aliphatic hydroxyl groups excluding tert-OH is 2. The molecule has 1 rings (SSSR count). The Bertz CT molecular complexity index is 176. The normalized spacial score (nSPS) is 13.4. The minimum Gasteiger partial charge on any atom is -0.394 e.